The van der Waals surface area contributed by atoms with Crippen molar-refractivity contribution >= 4 is 39.9 Å². The van der Waals surface area contributed by atoms with E-state index < -0.39 is 4.92 Å². The molecule has 0 unspecified atom stereocenters. The molecule has 4 rings (SSSR count). The van der Waals surface area contributed by atoms with Gasteiger partial charge in [-0.15, -0.1) is 0 Å². The number of nitrogens with zero attached hydrogens (tertiary/aromatic N) is 3. The average Bonchev–Trinajstić information content (AvgIpc) is 3.26. The largest absolute Gasteiger partial charge is 0.322 e. The van der Waals surface area contributed by atoms with Crippen LogP contribution in [0.5, 0.6) is 0 Å². The van der Waals surface area contributed by atoms with Gasteiger partial charge in [0.25, 0.3) is 11.6 Å². The first-order chi connectivity index (χ1) is 13.0. The number of carbonyl (C=O) groups is 1. The number of aryl methyl sites for hydroxylation is 1. The zero-order valence-electron chi connectivity index (χ0n) is 14.5. The molecule has 0 saturated carbocycles. The lowest BCUT2D eigenvalue weighted by atomic mass is 10.1. The van der Waals surface area contributed by atoms with Gasteiger partial charge in [-0.25, -0.2) is 0 Å². The van der Waals surface area contributed by atoms with Crippen molar-refractivity contribution in [2.24, 2.45) is 4.99 Å². The molecule has 0 aromatic heterocycles. The summed E-state index contributed by atoms with van der Waals surface area (Å²) in [6.07, 6.45) is 0. The Hall–Kier alpha value is -3.13. The predicted molar refractivity (Wildman–Crippen MR) is 107 cm³/mol. The van der Waals surface area contributed by atoms with Gasteiger partial charge < -0.3 is 10.2 Å². The highest BCUT2D eigenvalue weighted by Crippen LogP contribution is 2.35. The van der Waals surface area contributed by atoms with E-state index in [-0.39, 0.29) is 17.2 Å². The summed E-state index contributed by atoms with van der Waals surface area (Å²) in [5, 5.41) is 16.9. The standard InChI is InChI=1S/C19H16N4O3S/c1-12-2-3-14(10-16(12)23(25)26)18(24)21-15-6-4-13(5-7-15)17-11-27-19-20-8-9-22(17)19/h2-7,10-11H,8-9H2,1H3,(H,21,24). The molecule has 1 amide bonds. The third kappa shape index (κ3) is 3.31. The van der Waals surface area contributed by atoms with E-state index >= 15 is 0 Å². The van der Waals surface area contributed by atoms with Crippen LogP contribution in [0.25, 0.3) is 5.70 Å². The number of thioether (sulfide) groups is 1. The molecule has 2 aliphatic rings. The number of hydrogen-bond donors (Lipinski definition) is 1. The van der Waals surface area contributed by atoms with Gasteiger partial charge in [0.15, 0.2) is 5.17 Å². The Bertz CT molecular complexity index is 999. The molecule has 2 heterocycles. The number of anilines is 1. The summed E-state index contributed by atoms with van der Waals surface area (Å²) in [5.74, 6) is -0.379. The maximum atomic E-state index is 12.4. The van der Waals surface area contributed by atoms with Crippen molar-refractivity contribution < 1.29 is 9.72 Å². The fourth-order valence-electron chi connectivity index (χ4n) is 3.02. The van der Waals surface area contributed by atoms with Crippen LogP contribution in [-0.2, 0) is 0 Å². The van der Waals surface area contributed by atoms with Gasteiger partial charge in [0.1, 0.15) is 0 Å². The van der Waals surface area contributed by atoms with Crippen molar-refractivity contribution in [3.05, 3.63) is 74.7 Å². The second-order valence-electron chi connectivity index (χ2n) is 6.23. The minimum absolute atomic E-state index is 0.0632. The van der Waals surface area contributed by atoms with Crippen LogP contribution in [-0.4, -0.2) is 34.0 Å². The molecule has 1 N–H and O–H groups in total. The molecule has 0 atom stereocenters. The van der Waals surface area contributed by atoms with Crippen molar-refractivity contribution in [3.63, 3.8) is 0 Å². The quantitative estimate of drug-likeness (QED) is 0.642. The van der Waals surface area contributed by atoms with Crippen molar-refractivity contribution in [1.29, 1.82) is 0 Å². The smallest absolute Gasteiger partial charge is 0.273 e. The molecule has 7 nitrogen and oxygen atoms in total. The maximum Gasteiger partial charge on any atom is 0.273 e. The Balaban J connectivity index is 1.49. The van der Waals surface area contributed by atoms with Crippen LogP contribution < -0.4 is 5.32 Å². The number of benzene rings is 2. The molecule has 0 aliphatic carbocycles. The lowest BCUT2D eigenvalue weighted by Gasteiger charge is -2.16. The van der Waals surface area contributed by atoms with Crippen LogP contribution >= 0.6 is 11.8 Å². The number of hydrogen-bond acceptors (Lipinski definition) is 6. The molecule has 0 fully saturated rings. The van der Waals surface area contributed by atoms with Crippen LogP contribution in [0.3, 0.4) is 0 Å². The van der Waals surface area contributed by atoms with Gasteiger partial charge in [-0.3, -0.25) is 19.9 Å². The Kier molecular flexibility index (Phi) is 4.41. The van der Waals surface area contributed by atoms with Gasteiger partial charge in [0, 0.05) is 34.8 Å². The highest BCUT2D eigenvalue weighted by Gasteiger charge is 2.26. The van der Waals surface area contributed by atoms with E-state index in [0.29, 0.717) is 11.3 Å². The molecule has 27 heavy (non-hydrogen) atoms. The highest BCUT2D eigenvalue weighted by molar-refractivity contribution is 8.16. The van der Waals surface area contributed by atoms with E-state index in [1.807, 2.05) is 24.3 Å². The van der Waals surface area contributed by atoms with E-state index in [1.54, 1.807) is 30.8 Å². The van der Waals surface area contributed by atoms with Gasteiger partial charge in [-0.2, -0.15) is 0 Å². The Labute approximate surface area is 159 Å². The van der Waals surface area contributed by atoms with Crippen LogP contribution in [0.15, 0.2) is 52.9 Å². The molecule has 2 aliphatic heterocycles. The van der Waals surface area contributed by atoms with Crippen LogP contribution in [0.1, 0.15) is 21.5 Å². The molecule has 8 heteroatoms. The zero-order chi connectivity index (χ0) is 19.0. The second-order valence-corrected chi connectivity index (χ2v) is 7.06. The van der Waals surface area contributed by atoms with Crippen molar-refractivity contribution in [1.82, 2.24) is 4.90 Å². The number of nitro groups is 1. The average molecular weight is 380 g/mol. The third-order valence-electron chi connectivity index (χ3n) is 4.47. The normalized spacial score (nSPS) is 15.2. The van der Waals surface area contributed by atoms with Crippen LogP contribution in [0.4, 0.5) is 11.4 Å². The SMILES string of the molecule is Cc1ccc(C(=O)Nc2ccc(C3=CSC4=NCCN34)cc2)cc1[N+](=O)[O-]. The molecule has 0 bridgehead atoms. The number of nitro benzene ring substituents is 1. The third-order valence-corrected chi connectivity index (χ3v) is 5.38. The van der Waals surface area contributed by atoms with E-state index in [2.05, 4.69) is 20.6 Å². The molecule has 0 radical (unpaired) electrons. The van der Waals surface area contributed by atoms with E-state index in [9.17, 15) is 14.9 Å². The maximum absolute atomic E-state index is 12.4. The first-order valence-electron chi connectivity index (χ1n) is 8.38. The Morgan fingerprint density at radius 1 is 1.26 bits per heavy atom. The summed E-state index contributed by atoms with van der Waals surface area (Å²) < 4.78 is 0. The molecule has 2 aromatic carbocycles. The molecule has 0 spiro atoms. The molecule has 2 aromatic rings. The van der Waals surface area contributed by atoms with E-state index in [1.165, 1.54) is 6.07 Å². The van der Waals surface area contributed by atoms with Crippen molar-refractivity contribution in [2.75, 3.05) is 18.4 Å². The zero-order valence-corrected chi connectivity index (χ0v) is 15.3. The number of aliphatic imine (C=N–C) groups is 1. The minimum Gasteiger partial charge on any atom is -0.322 e. The summed E-state index contributed by atoms with van der Waals surface area (Å²) in [7, 11) is 0. The molecular weight excluding hydrogens is 364 g/mol. The molecular formula is C19H16N4O3S. The number of carbonyl (C=O) groups excluding carboxylic acids is 1. The number of amidine groups is 1. The summed E-state index contributed by atoms with van der Waals surface area (Å²) in [5.41, 5.74) is 3.51. The van der Waals surface area contributed by atoms with Gasteiger partial charge >= 0.3 is 0 Å². The Morgan fingerprint density at radius 3 is 2.78 bits per heavy atom. The van der Waals surface area contributed by atoms with E-state index in [4.69, 9.17) is 0 Å². The van der Waals surface area contributed by atoms with Gasteiger partial charge in [-0.1, -0.05) is 30.0 Å². The van der Waals surface area contributed by atoms with Crippen molar-refractivity contribution in [3.8, 4) is 0 Å². The topological polar surface area (TPSA) is 87.8 Å². The lowest BCUT2D eigenvalue weighted by Crippen LogP contribution is -2.19. The van der Waals surface area contributed by atoms with E-state index in [0.717, 1.165) is 29.5 Å². The number of rotatable bonds is 4. The first-order valence-corrected chi connectivity index (χ1v) is 9.26. The van der Waals surface area contributed by atoms with Gasteiger partial charge in [-0.05, 0) is 30.7 Å². The second kappa shape index (κ2) is 6.88. The molecule has 136 valence electrons. The highest BCUT2D eigenvalue weighted by atomic mass is 32.2. The summed E-state index contributed by atoms with van der Waals surface area (Å²) in [4.78, 5) is 29.6. The summed E-state index contributed by atoms with van der Waals surface area (Å²) in [6.45, 7) is 3.35. The minimum atomic E-state index is -0.482. The van der Waals surface area contributed by atoms with Crippen LogP contribution in [0, 0.1) is 17.0 Å². The van der Waals surface area contributed by atoms with Crippen LogP contribution in [0.2, 0.25) is 0 Å². The fourth-order valence-corrected chi connectivity index (χ4v) is 3.99. The van der Waals surface area contributed by atoms with Crippen molar-refractivity contribution in [2.45, 2.75) is 6.92 Å². The first kappa shape index (κ1) is 17.3. The monoisotopic (exact) mass is 380 g/mol. The fraction of sp³-hybridized carbons (Fsp3) is 0.158. The number of nitrogens with one attached hydrogen (secondary N) is 1. The van der Waals surface area contributed by atoms with Gasteiger partial charge in [0.2, 0.25) is 0 Å². The summed E-state index contributed by atoms with van der Waals surface area (Å²) in [6, 6.07) is 12.0. The molecule has 0 saturated heterocycles. The number of amides is 1. The summed E-state index contributed by atoms with van der Waals surface area (Å²) >= 11 is 1.62. The predicted octanol–water partition coefficient (Wildman–Crippen LogP) is 3.87. The number of fused-ring (bicyclic) bond motifs is 1. The Morgan fingerprint density at radius 2 is 2.04 bits per heavy atom. The van der Waals surface area contributed by atoms with Gasteiger partial charge in [0.05, 0.1) is 17.2 Å². The lowest BCUT2D eigenvalue weighted by molar-refractivity contribution is -0.385.